The molecule has 0 aliphatic carbocycles. The monoisotopic (exact) mass is 863 g/mol. The summed E-state index contributed by atoms with van der Waals surface area (Å²) in [6.45, 7) is 9.98. The number of benzene rings is 3. The standard InChI is InChI=1S/C46H63ClFN7O6/c1-4-59-42-14-8-13-40(48)39(42)32-53-26-28-54(29-27-53)44(56)43(50-46(58)60-33-34-10-6-5-7-11-34)35-17-22-52(23-18-35)24-19-36-30-37(47)15-16-41(36)55-21-9-12-38(31-55)61-45(57)49-20-25-51(2)3/h5-8,10-11,13-16,30,35,38,43H,4,9,12,17-29,31-33H2,1-3H3,(H,49,57)(H,50,58)/t38-,43-/m1/s1. The van der Waals surface area contributed by atoms with Crippen molar-refractivity contribution in [2.24, 2.45) is 5.92 Å². The van der Waals surface area contributed by atoms with Gasteiger partial charge in [-0.2, -0.15) is 0 Å². The Morgan fingerprint density at radius 2 is 1.67 bits per heavy atom. The molecular weight excluding hydrogens is 801 g/mol. The second-order valence-corrected chi connectivity index (χ2v) is 16.9. The average molecular weight is 865 g/mol. The van der Waals surface area contributed by atoms with Gasteiger partial charge < -0.3 is 44.4 Å². The second kappa shape index (κ2) is 23.0. The molecule has 0 radical (unpaired) electrons. The number of carbonyl (C=O) groups is 3. The number of hydrogen-bond donors (Lipinski definition) is 2. The molecule has 3 aromatic carbocycles. The molecule has 2 atom stereocenters. The zero-order chi connectivity index (χ0) is 43.1. The molecule has 0 aromatic heterocycles. The summed E-state index contributed by atoms with van der Waals surface area (Å²) in [5.41, 5.74) is 3.63. The van der Waals surface area contributed by atoms with Crippen LogP contribution in [0.15, 0.2) is 66.7 Å². The molecule has 3 heterocycles. The highest BCUT2D eigenvalue weighted by Crippen LogP contribution is 2.30. The number of amides is 3. The summed E-state index contributed by atoms with van der Waals surface area (Å²) in [7, 11) is 3.93. The van der Waals surface area contributed by atoms with Crippen LogP contribution in [0.25, 0.3) is 0 Å². The number of nitrogens with zero attached hydrogens (tertiary/aromatic N) is 5. The quantitative estimate of drug-likeness (QED) is 0.167. The molecule has 3 aliphatic heterocycles. The van der Waals surface area contributed by atoms with Crippen LogP contribution in [0.1, 0.15) is 49.3 Å². The molecule has 332 valence electrons. The van der Waals surface area contributed by atoms with Gasteiger partial charge in [-0.05, 0) is 114 Å². The third kappa shape index (κ3) is 13.7. The van der Waals surface area contributed by atoms with Crippen LogP contribution in [0.4, 0.5) is 19.7 Å². The third-order valence-electron chi connectivity index (χ3n) is 11.9. The van der Waals surface area contributed by atoms with Crippen molar-refractivity contribution in [1.82, 2.24) is 30.2 Å². The van der Waals surface area contributed by atoms with Crippen LogP contribution in [-0.2, 0) is 33.8 Å². The molecule has 6 rings (SSSR count). The lowest BCUT2D eigenvalue weighted by atomic mass is 9.88. The van der Waals surface area contributed by atoms with E-state index in [2.05, 4.69) is 31.4 Å². The van der Waals surface area contributed by atoms with E-state index >= 15 is 0 Å². The van der Waals surface area contributed by atoms with Gasteiger partial charge >= 0.3 is 12.2 Å². The smallest absolute Gasteiger partial charge is 0.408 e. The zero-order valence-corrected chi connectivity index (χ0v) is 36.7. The highest BCUT2D eigenvalue weighted by atomic mass is 35.5. The Morgan fingerprint density at radius 3 is 2.41 bits per heavy atom. The highest BCUT2D eigenvalue weighted by Gasteiger charge is 2.37. The van der Waals surface area contributed by atoms with E-state index in [1.807, 2.05) is 73.3 Å². The fourth-order valence-electron chi connectivity index (χ4n) is 8.48. The average Bonchev–Trinajstić information content (AvgIpc) is 3.26. The minimum absolute atomic E-state index is 0.0784. The summed E-state index contributed by atoms with van der Waals surface area (Å²) in [4.78, 5) is 50.8. The number of carbonyl (C=O) groups excluding carboxylic acids is 3. The SMILES string of the molecule is CCOc1cccc(F)c1CN1CCN(C(=O)[C@H](NC(=O)OCc2ccccc2)C2CCN(CCc3cc(Cl)ccc3N3CCC[C@@H](OC(=O)NCCN(C)C)C3)CC2)CC1. The van der Waals surface area contributed by atoms with E-state index in [9.17, 15) is 18.8 Å². The molecule has 3 saturated heterocycles. The molecule has 0 spiro atoms. The van der Waals surface area contributed by atoms with Gasteiger partial charge in [0, 0.05) is 75.2 Å². The largest absolute Gasteiger partial charge is 0.493 e. The number of piperidine rings is 2. The fraction of sp³-hybridized carbons (Fsp3) is 0.543. The van der Waals surface area contributed by atoms with Gasteiger partial charge in [0.05, 0.1) is 13.2 Å². The Balaban J connectivity index is 1.05. The van der Waals surface area contributed by atoms with E-state index in [1.165, 1.54) is 6.07 Å². The first-order valence-electron chi connectivity index (χ1n) is 21.8. The van der Waals surface area contributed by atoms with Gasteiger partial charge in [-0.1, -0.05) is 48.0 Å². The summed E-state index contributed by atoms with van der Waals surface area (Å²) in [5, 5.41) is 6.51. The Hall–Kier alpha value is -4.63. The van der Waals surface area contributed by atoms with E-state index in [0.717, 1.165) is 81.6 Å². The number of hydrogen-bond acceptors (Lipinski definition) is 10. The number of anilines is 1. The van der Waals surface area contributed by atoms with Gasteiger partial charge in [-0.15, -0.1) is 0 Å². The molecule has 13 nitrogen and oxygen atoms in total. The van der Waals surface area contributed by atoms with Gasteiger partial charge in [-0.25, -0.2) is 14.0 Å². The van der Waals surface area contributed by atoms with Crippen LogP contribution in [-0.4, -0.2) is 143 Å². The van der Waals surface area contributed by atoms with Gasteiger partial charge in [0.2, 0.25) is 5.91 Å². The van der Waals surface area contributed by atoms with Gasteiger partial charge in [0.25, 0.3) is 0 Å². The normalized spacial score (nSPS) is 18.4. The minimum Gasteiger partial charge on any atom is -0.493 e. The number of likely N-dealkylation sites (N-methyl/N-ethyl adjacent to an activating group) is 1. The van der Waals surface area contributed by atoms with Crippen molar-refractivity contribution in [3.05, 3.63) is 94.3 Å². The minimum atomic E-state index is -0.739. The zero-order valence-electron chi connectivity index (χ0n) is 36.0. The number of nitrogens with one attached hydrogen (secondary N) is 2. The molecule has 3 amide bonds. The van der Waals surface area contributed by atoms with Crippen molar-refractivity contribution in [2.75, 3.05) is 97.6 Å². The molecule has 15 heteroatoms. The van der Waals surface area contributed by atoms with Gasteiger partial charge in [-0.3, -0.25) is 9.69 Å². The van der Waals surface area contributed by atoms with E-state index < -0.39 is 12.1 Å². The molecule has 0 bridgehead atoms. The predicted octanol–water partition coefficient (Wildman–Crippen LogP) is 6.03. The maximum Gasteiger partial charge on any atom is 0.408 e. The molecule has 3 fully saturated rings. The Morgan fingerprint density at radius 1 is 0.902 bits per heavy atom. The maximum atomic E-state index is 14.9. The lowest BCUT2D eigenvalue weighted by Gasteiger charge is -2.40. The van der Waals surface area contributed by atoms with Gasteiger partial charge in [0.15, 0.2) is 0 Å². The Kier molecular flexibility index (Phi) is 17.3. The van der Waals surface area contributed by atoms with E-state index in [0.29, 0.717) is 68.8 Å². The van der Waals surface area contributed by atoms with Crippen molar-refractivity contribution in [2.45, 2.75) is 64.3 Å². The molecule has 0 unspecified atom stereocenters. The van der Waals surface area contributed by atoms with Crippen LogP contribution in [0, 0.1) is 11.7 Å². The number of rotatable bonds is 17. The second-order valence-electron chi connectivity index (χ2n) is 16.5. The number of halogens is 2. The summed E-state index contributed by atoms with van der Waals surface area (Å²) in [6.07, 6.45) is 2.77. The molecule has 3 aliphatic rings. The first-order valence-corrected chi connectivity index (χ1v) is 22.2. The number of alkyl carbamates (subject to hydrolysis) is 2. The lowest BCUT2D eigenvalue weighted by molar-refractivity contribution is -0.137. The van der Waals surface area contributed by atoms with Crippen LogP contribution >= 0.6 is 11.6 Å². The number of ether oxygens (including phenoxy) is 3. The van der Waals surface area contributed by atoms with E-state index in [-0.39, 0.29) is 36.4 Å². The maximum absolute atomic E-state index is 14.9. The van der Waals surface area contributed by atoms with Gasteiger partial charge in [0.1, 0.15) is 30.3 Å². The molecule has 0 saturated carbocycles. The predicted molar refractivity (Wildman–Crippen MR) is 236 cm³/mol. The van der Waals surface area contributed by atoms with Crippen LogP contribution in [0.3, 0.4) is 0 Å². The van der Waals surface area contributed by atoms with Crippen molar-refractivity contribution >= 4 is 35.4 Å². The summed E-state index contributed by atoms with van der Waals surface area (Å²) in [6, 6.07) is 19.6. The molecule has 3 aromatic rings. The van der Waals surface area contributed by atoms with Crippen LogP contribution in [0.2, 0.25) is 5.02 Å². The van der Waals surface area contributed by atoms with Crippen molar-refractivity contribution in [3.8, 4) is 5.75 Å². The lowest BCUT2D eigenvalue weighted by Crippen LogP contribution is -2.58. The highest BCUT2D eigenvalue weighted by molar-refractivity contribution is 6.30. The first kappa shape index (κ1) is 45.9. The van der Waals surface area contributed by atoms with Crippen molar-refractivity contribution < 1.29 is 33.0 Å². The fourth-order valence-corrected chi connectivity index (χ4v) is 8.68. The van der Waals surface area contributed by atoms with Crippen molar-refractivity contribution in [3.63, 3.8) is 0 Å². The summed E-state index contributed by atoms with van der Waals surface area (Å²) >= 11 is 6.54. The van der Waals surface area contributed by atoms with Crippen LogP contribution in [0.5, 0.6) is 5.75 Å². The van der Waals surface area contributed by atoms with E-state index in [1.54, 1.807) is 12.1 Å². The Bertz CT molecular complexity index is 1880. The molecule has 61 heavy (non-hydrogen) atoms. The summed E-state index contributed by atoms with van der Waals surface area (Å²) < 4.78 is 32.0. The third-order valence-corrected chi connectivity index (χ3v) is 12.1. The summed E-state index contributed by atoms with van der Waals surface area (Å²) in [5.74, 6) is 0.0408. The molecule has 2 N–H and O–H groups in total. The molecular formula is C46H63ClFN7O6. The van der Waals surface area contributed by atoms with E-state index in [4.69, 9.17) is 25.8 Å². The topological polar surface area (TPSA) is 119 Å². The number of likely N-dealkylation sites (tertiary alicyclic amines) is 1. The Labute approximate surface area is 365 Å². The van der Waals surface area contributed by atoms with Crippen molar-refractivity contribution in [1.29, 1.82) is 0 Å². The first-order chi connectivity index (χ1) is 29.6. The number of piperazine rings is 1. The van der Waals surface area contributed by atoms with Crippen LogP contribution < -0.4 is 20.3 Å².